The predicted octanol–water partition coefficient (Wildman–Crippen LogP) is 4.38. The number of para-hydroxylation sites is 1. The van der Waals surface area contributed by atoms with Gasteiger partial charge < -0.3 is 9.47 Å². The lowest BCUT2D eigenvalue weighted by atomic mass is 10.3. The van der Waals surface area contributed by atoms with Crippen LogP contribution >= 0.6 is 0 Å². The van der Waals surface area contributed by atoms with Crippen LogP contribution in [0, 0.1) is 0 Å². The normalized spacial score (nSPS) is 11.0. The highest BCUT2D eigenvalue weighted by Gasteiger charge is 2.04. The molecule has 0 aliphatic heterocycles. The van der Waals surface area contributed by atoms with E-state index in [2.05, 4.69) is 11.6 Å². The lowest BCUT2D eigenvalue weighted by Gasteiger charge is -2.08. The summed E-state index contributed by atoms with van der Waals surface area (Å²) in [5, 5.41) is 0. The van der Waals surface area contributed by atoms with Crippen LogP contribution in [0.2, 0.25) is 0 Å². The van der Waals surface area contributed by atoms with Gasteiger partial charge in [0.25, 0.3) is 0 Å². The van der Waals surface area contributed by atoms with Crippen molar-refractivity contribution >= 4 is 11.6 Å². The highest BCUT2D eigenvalue weighted by molar-refractivity contribution is 5.95. The van der Waals surface area contributed by atoms with Crippen molar-refractivity contribution in [2.24, 2.45) is 4.99 Å². The van der Waals surface area contributed by atoms with Gasteiger partial charge in [0.05, 0.1) is 12.8 Å². The predicted molar refractivity (Wildman–Crippen MR) is 82.0 cm³/mol. The van der Waals surface area contributed by atoms with Crippen molar-refractivity contribution in [1.82, 2.24) is 0 Å². The van der Waals surface area contributed by atoms with Crippen LogP contribution < -0.4 is 9.47 Å². The van der Waals surface area contributed by atoms with Gasteiger partial charge in [-0.05, 0) is 43.3 Å². The molecule has 0 atom stereocenters. The van der Waals surface area contributed by atoms with Gasteiger partial charge in [-0.1, -0.05) is 24.8 Å². The molecule has 0 aromatic heterocycles. The number of hydrogen-bond acceptors (Lipinski definition) is 3. The van der Waals surface area contributed by atoms with Crippen LogP contribution in [0.5, 0.6) is 11.5 Å². The molecule has 0 saturated heterocycles. The van der Waals surface area contributed by atoms with Crippen molar-refractivity contribution in [3.05, 3.63) is 66.7 Å². The van der Waals surface area contributed by atoms with Crippen LogP contribution in [0.15, 0.2) is 71.7 Å². The van der Waals surface area contributed by atoms with Gasteiger partial charge >= 0.3 is 0 Å². The van der Waals surface area contributed by atoms with Crippen molar-refractivity contribution in [2.45, 2.75) is 6.92 Å². The number of hydrogen-bond donors (Lipinski definition) is 0. The quantitative estimate of drug-likeness (QED) is 0.608. The first-order valence-electron chi connectivity index (χ1n) is 6.30. The minimum Gasteiger partial charge on any atom is -0.497 e. The molecular formula is C17H17NO2. The Kier molecular flexibility index (Phi) is 4.56. The molecule has 0 unspecified atom stereocenters. The molecule has 102 valence electrons. The van der Waals surface area contributed by atoms with E-state index in [1.165, 1.54) is 0 Å². The molecule has 2 aromatic carbocycles. The van der Waals surface area contributed by atoms with E-state index in [0.717, 1.165) is 22.8 Å². The number of aliphatic imine (C=N–C) groups is 1. The van der Waals surface area contributed by atoms with Gasteiger partial charge in [0, 0.05) is 5.57 Å². The minimum absolute atomic E-state index is 0.501. The molecule has 0 heterocycles. The summed E-state index contributed by atoms with van der Waals surface area (Å²) in [7, 11) is 1.64. The Bertz CT molecular complexity index is 601. The Morgan fingerprint density at radius 3 is 2.15 bits per heavy atom. The third-order valence-corrected chi connectivity index (χ3v) is 2.63. The smallest absolute Gasteiger partial charge is 0.222 e. The molecule has 20 heavy (non-hydrogen) atoms. The average Bonchev–Trinajstić information content (AvgIpc) is 2.48. The summed E-state index contributed by atoms with van der Waals surface area (Å²) in [6.45, 7) is 5.77. The number of rotatable bonds is 4. The lowest BCUT2D eigenvalue weighted by molar-refractivity contribution is 0.415. The van der Waals surface area contributed by atoms with E-state index in [9.17, 15) is 0 Å². The van der Waals surface area contributed by atoms with Crippen molar-refractivity contribution in [2.75, 3.05) is 7.11 Å². The van der Waals surface area contributed by atoms with Gasteiger partial charge in [-0.2, -0.15) is 0 Å². The fourth-order valence-electron chi connectivity index (χ4n) is 1.58. The number of benzene rings is 2. The third kappa shape index (κ3) is 3.72. The van der Waals surface area contributed by atoms with Gasteiger partial charge in [0.1, 0.15) is 11.5 Å². The molecule has 3 heteroatoms. The zero-order chi connectivity index (χ0) is 14.4. The molecule has 3 nitrogen and oxygen atoms in total. The zero-order valence-corrected chi connectivity index (χ0v) is 11.7. The summed E-state index contributed by atoms with van der Waals surface area (Å²) in [4.78, 5) is 4.47. The van der Waals surface area contributed by atoms with E-state index < -0.39 is 0 Å². The minimum atomic E-state index is 0.501. The highest BCUT2D eigenvalue weighted by Crippen LogP contribution is 2.20. The maximum absolute atomic E-state index is 5.76. The van der Waals surface area contributed by atoms with Gasteiger partial charge in [-0.15, -0.1) is 0 Å². The second kappa shape index (κ2) is 6.57. The third-order valence-electron chi connectivity index (χ3n) is 2.63. The molecule has 0 saturated carbocycles. The topological polar surface area (TPSA) is 30.8 Å². The van der Waals surface area contributed by atoms with E-state index in [4.69, 9.17) is 9.47 Å². The van der Waals surface area contributed by atoms with E-state index in [0.29, 0.717) is 5.90 Å². The van der Waals surface area contributed by atoms with Crippen LogP contribution in [0.1, 0.15) is 6.92 Å². The molecule has 0 spiro atoms. The first-order chi connectivity index (χ1) is 9.69. The molecule has 2 aromatic rings. The van der Waals surface area contributed by atoms with E-state index in [-0.39, 0.29) is 0 Å². The standard InChI is InChI=1S/C17H17NO2/c1-13(2)17(20-16-7-5-4-6-8-16)18-14-9-11-15(19-3)12-10-14/h4-12H,1H2,2-3H3. The Balaban J connectivity index is 2.23. The molecule has 0 aliphatic carbocycles. The molecule has 0 N–H and O–H groups in total. The Morgan fingerprint density at radius 2 is 1.60 bits per heavy atom. The largest absolute Gasteiger partial charge is 0.497 e. The molecule has 0 bridgehead atoms. The summed E-state index contributed by atoms with van der Waals surface area (Å²) < 4.78 is 10.9. The van der Waals surface area contributed by atoms with Crippen LogP contribution in [0.25, 0.3) is 0 Å². The Hall–Kier alpha value is -2.55. The van der Waals surface area contributed by atoms with Crippen molar-refractivity contribution in [3.63, 3.8) is 0 Å². The maximum atomic E-state index is 5.76. The first kappa shape index (κ1) is 13.9. The van der Waals surface area contributed by atoms with Crippen molar-refractivity contribution in [3.8, 4) is 11.5 Å². The SMILES string of the molecule is C=C(C)C(=Nc1ccc(OC)cc1)Oc1ccccc1. The summed E-state index contributed by atoms with van der Waals surface area (Å²) in [6.07, 6.45) is 0. The molecule has 0 fully saturated rings. The number of nitrogens with zero attached hydrogens (tertiary/aromatic N) is 1. The number of methoxy groups -OCH3 is 1. The van der Waals surface area contributed by atoms with E-state index in [1.54, 1.807) is 7.11 Å². The molecule has 0 radical (unpaired) electrons. The molecule has 2 rings (SSSR count). The van der Waals surface area contributed by atoms with Crippen molar-refractivity contribution in [1.29, 1.82) is 0 Å². The highest BCUT2D eigenvalue weighted by atomic mass is 16.5. The van der Waals surface area contributed by atoms with Crippen molar-refractivity contribution < 1.29 is 9.47 Å². The first-order valence-corrected chi connectivity index (χ1v) is 6.30. The van der Waals surface area contributed by atoms with Gasteiger partial charge in [0.15, 0.2) is 0 Å². The Labute approximate surface area is 119 Å². The second-order valence-corrected chi connectivity index (χ2v) is 4.31. The summed E-state index contributed by atoms with van der Waals surface area (Å²) in [5.41, 5.74) is 1.56. The van der Waals surface area contributed by atoms with Crippen LogP contribution in [-0.4, -0.2) is 13.0 Å². The Morgan fingerprint density at radius 1 is 0.950 bits per heavy atom. The van der Waals surface area contributed by atoms with E-state index in [1.807, 2.05) is 61.5 Å². The molecule has 0 aliphatic rings. The second-order valence-electron chi connectivity index (χ2n) is 4.31. The fourth-order valence-corrected chi connectivity index (χ4v) is 1.58. The average molecular weight is 267 g/mol. The van der Waals surface area contributed by atoms with Crippen LogP contribution in [-0.2, 0) is 0 Å². The molecule has 0 amide bonds. The van der Waals surface area contributed by atoms with Gasteiger partial charge in [-0.25, -0.2) is 4.99 Å². The zero-order valence-electron chi connectivity index (χ0n) is 11.7. The summed E-state index contributed by atoms with van der Waals surface area (Å²) >= 11 is 0. The van der Waals surface area contributed by atoms with Crippen LogP contribution in [0.4, 0.5) is 5.69 Å². The van der Waals surface area contributed by atoms with Gasteiger partial charge in [-0.3, -0.25) is 0 Å². The number of ether oxygens (including phenoxy) is 2. The maximum Gasteiger partial charge on any atom is 0.222 e. The van der Waals surface area contributed by atoms with E-state index >= 15 is 0 Å². The summed E-state index contributed by atoms with van der Waals surface area (Å²) in [5.74, 6) is 2.04. The summed E-state index contributed by atoms with van der Waals surface area (Å²) in [6, 6.07) is 17.0. The lowest BCUT2D eigenvalue weighted by Crippen LogP contribution is -2.08. The fraction of sp³-hybridized carbons (Fsp3) is 0.118. The van der Waals surface area contributed by atoms with Crippen LogP contribution in [0.3, 0.4) is 0 Å². The molecular weight excluding hydrogens is 250 g/mol. The van der Waals surface area contributed by atoms with Gasteiger partial charge in [0.2, 0.25) is 5.90 Å². The monoisotopic (exact) mass is 267 g/mol.